The number of para-hydroxylation sites is 2. The minimum atomic E-state index is -2.52. The number of benzene rings is 6. The Kier molecular flexibility index (Phi) is 12.7. The van der Waals surface area contributed by atoms with Gasteiger partial charge in [0.15, 0.2) is 5.60 Å². The fraction of sp³-hybridized carbons (Fsp3) is 0.241. The zero-order valence-corrected chi connectivity index (χ0v) is 39.1. The molecule has 0 bridgehead atoms. The number of anilines is 5. The average Bonchev–Trinajstić information content (AvgIpc) is 4.03. The quantitative estimate of drug-likeness (QED) is 0.0709. The molecule has 9 rings (SSSR count). The molecule has 3 heterocycles. The van der Waals surface area contributed by atoms with Gasteiger partial charge in [0.25, 0.3) is 5.91 Å². The fourth-order valence-electron chi connectivity index (χ4n) is 10.4. The molecule has 5 atom stereocenters. The summed E-state index contributed by atoms with van der Waals surface area (Å²) in [5, 5.41) is 20.7. The van der Waals surface area contributed by atoms with Gasteiger partial charge >= 0.3 is 0 Å². The molecule has 0 saturated carbocycles. The lowest BCUT2D eigenvalue weighted by molar-refractivity contribution is -0.146. The van der Waals surface area contributed by atoms with Gasteiger partial charge in [-0.1, -0.05) is 121 Å². The van der Waals surface area contributed by atoms with Gasteiger partial charge in [-0.05, 0) is 89.8 Å². The molecule has 1 aromatic heterocycles. The van der Waals surface area contributed by atoms with Crippen molar-refractivity contribution in [3.8, 4) is 5.75 Å². The van der Waals surface area contributed by atoms with E-state index in [-0.39, 0.29) is 36.4 Å². The van der Waals surface area contributed by atoms with Gasteiger partial charge in [-0.3, -0.25) is 28.9 Å². The molecule has 13 heteroatoms. The molecule has 2 aliphatic heterocycles. The second-order valence-electron chi connectivity index (χ2n) is 17.9. The van der Waals surface area contributed by atoms with E-state index in [4.69, 9.17) is 9.47 Å². The molecule has 1 N–H and O–H groups in total. The highest BCUT2D eigenvalue weighted by atomic mass is 28.3. The number of fused-ring (bicyclic) bond motifs is 2. The van der Waals surface area contributed by atoms with Crippen LogP contribution in [0.3, 0.4) is 0 Å². The summed E-state index contributed by atoms with van der Waals surface area (Å²) in [5.74, 6) is -0.0410. The first-order valence-corrected chi connectivity index (χ1v) is 25.7. The van der Waals surface area contributed by atoms with Crippen LogP contribution in [0.5, 0.6) is 5.75 Å². The Labute approximate surface area is 392 Å². The number of methoxy groups -OCH3 is 1. The van der Waals surface area contributed by atoms with Crippen molar-refractivity contribution in [2.75, 3.05) is 28.4 Å². The SMILES string of the molecule is COc1ccc([Si](C)(C)[C@H]2[C@H](CCn3cc(C(CO)c4ccccc4)nn3)O[C@@]3(C(=O)N(Cc4ccc(N(C=O)c5ccccc5)cc4)c4ccc(N(C=O)c5ccccc5)cc43)[C@@H]2C)cc1. The number of carbonyl (C=O) groups excluding carboxylic acids is 3. The van der Waals surface area contributed by atoms with E-state index in [1.165, 1.54) is 5.19 Å². The highest BCUT2D eigenvalue weighted by Crippen LogP contribution is 2.60. The van der Waals surface area contributed by atoms with E-state index in [2.05, 4.69) is 42.5 Å². The van der Waals surface area contributed by atoms with E-state index in [0.717, 1.165) is 35.4 Å². The monoisotopic (exact) mass is 910 g/mol. The summed E-state index contributed by atoms with van der Waals surface area (Å²) in [7, 11) is -0.862. The predicted octanol–water partition coefficient (Wildman–Crippen LogP) is 8.85. The van der Waals surface area contributed by atoms with Crippen molar-refractivity contribution in [2.24, 2.45) is 5.92 Å². The van der Waals surface area contributed by atoms with Gasteiger partial charge in [-0.2, -0.15) is 0 Å². The molecule has 1 spiro atoms. The van der Waals surface area contributed by atoms with Crippen LogP contribution >= 0.6 is 0 Å². The van der Waals surface area contributed by atoms with Crippen molar-refractivity contribution in [1.82, 2.24) is 15.0 Å². The highest BCUT2D eigenvalue weighted by molar-refractivity contribution is 6.91. The van der Waals surface area contributed by atoms with Gasteiger partial charge in [-0.15, -0.1) is 5.10 Å². The normalized spacial score (nSPS) is 19.3. The van der Waals surface area contributed by atoms with E-state index < -0.39 is 19.8 Å². The van der Waals surface area contributed by atoms with Crippen LogP contribution in [0.4, 0.5) is 28.4 Å². The van der Waals surface area contributed by atoms with Crippen LogP contribution < -0.4 is 24.6 Å². The Morgan fingerprint density at radius 1 is 0.791 bits per heavy atom. The van der Waals surface area contributed by atoms with Crippen molar-refractivity contribution in [1.29, 1.82) is 0 Å². The van der Waals surface area contributed by atoms with E-state index >= 15 is 4.79 Å². The van der Waals surface area contributed by atoms with Gasteiger partial charge in [0, 0.05) is 47.0 Å². The summed E-state index contributed by atoms with van der Waals surface area (Å²) in [6.07, 6.45) is 3.63. The lowest BCUT2D eigenvalue weighted by Gasteiger charge is -2.37. The van der Waals surface area contributed by atoms with Crippen molar-refractivity contribution in [3.63, 3.8) is 0 Å². The second kappa shape index (κ2) is 19.0. The summed E-state index contributed by atoms with van der Waals surface area (Å²) in [6.45, 7) is 7.45. The minimum Gasteiger partial charge on any atom is -0.497 e. The van der Waals surface area contributed by atoms with Gasteiger partial charge in [0.05, 0.1) is 51.7 Å². The van der Waals surface area contributed by atoms with Crippen LogP contribution in [0.1, 0.15) is 41.6 Å². The number of hydrogen-bond donors (Lipinski definition) is 1. The van der Waals surface area contributed by atoms with E-state index in [1.807, 2.05) is 161 Å². The standard InChI is InChI=1S/C54H54N6O6Si/c1-38-52(67(3,4)46-27-25-45(65-2)26-28-46)51(30-31-57-34-49(55-56-57)47(35-61)40-14-8-5-9-15-40)66-54(38)48-32-44(60(37-63)42-18-12-7-13-19-42)24-29-50(48)58(53(54)64)33-39-20-22-43(23-21-39)59(36-62)41-16-10-6-11-17-41/h5-29,32,34,36-38,47,51-52,61H,30-31,33,35H2,1-4H3/t38-,47?,51+,52-,54+/m1/s1. The molecular weight excluding hydrogens is 857 g/mol. The maximum absolute atomic E-state index is 15.8. The minimum absolute atomic E-state index is 0.0679. The number of aromatic nitrogens is 3. The topological polar surface area (TPSA) is 130 Å². The molecule has 67 heavy (non-hydrogen) atoms. The first kappa shape index (κ1) is 45.0. The Morgan fingerprint density at radius 3 is 1.97 bits per heavy atom. The molecule has 7 aromatic rings. The zero-order valence-electron chi connectivity index (χ0n) is 38.1. The lowest BCUT2D eigenvalue weighted by atomic mass is 9.82. The summed E-state index contributed by atoms with van der Waals surface area (Å²) in [4.78, 5) is 46.0. The van der Waals surface area contributed by atoms with E-state index in [1.54, 1.807) is 16.9 Å². The van der Waals surface area contributed by atoms with Crippen LogP contribution in [0.25, 0.3) is 0 Å². The molecule has 3 amide bonds. The van der Waals surface area contributed by atoms with Gasteiger partial charge < -0.3 is 19.5 Å². The van der Waals surface area contributed by atoms with Crippen LogP contribution in [-0.2, 0) is 37.8 Å². The molecular formula is C54H54N6O6Si. The van der Waals surface area contributed by atoms with Gasteiger partial charge in [0.2, 0.25) is 12.8 Å². The van der Waals surface area contributed by atoms with Crippen LogP contribution in [0, 0.1) is 5.92 Å². The first-order chi connectivity index (χ1) is 32.6. The largest absolute Gasteiger partial charge is 0.497 e. The zero-order chi connectivity index (χ0) is 46.7. The molecule has 1 unspecified atom stereocenters. The van der Waals surface area contributed by atoms with Gasteiger partial charge in [-0.25, -0.2) is 0 Å². The second-order valence-corrected chi connectivity index (χ2v) is 22.6. The van der Waals surface area contributed by atoms with Crippen LogP contribution in [0.15, 0.2) is 164 Å². The molecule has 1 fully saturated rings. The molecule has 340 valence electrons. The first-order valence-electron chi connectivity index (χ1n) is 22.6. The third kappa shape index (κ3) is 8.34. The summed E-state index contributed by atoms with van der Waals surface area (Å²) in [6, 6.07) is 50.4. The maximum atomic E-state index is 15.8. The number of hydrogen-bond acceptors (Lipinski definition) is 8. The summed E-state index contributed by atoms with van der Waals surface area (Å²) >= 11 is 0. The lowest BCUT2D eigenvalue weighted by Crippen LogP contribution is -2.51. The number of ether oxygens (including phenoxy) is 2. The van der Waals surface area contributed by atoms with Crippen molar-refractivity contribution < 1.29 is 29.0 Å². The number of amides is 3. The van der Waals surface area contributed by atoms with Crippen LogP contribution in [-0.4, -0.2) is 66.7 Å². The molecule has 2 aliphatic rings. The Hall–Kier alpha value is -7.19. The molecule has 1 saturated heterocycles. The van der Waals surface area contributed by atoms with Gasteiger partial charge in [0.1, 0.15) is 5.75 Å². The van der Waals surface area contributed by atoms with Crippen molar-refractivity contribution in [2.45, 2.75) is 62.7 Å². The summed E-state index contributed by atoms with van der Waals surface area (Å²) < 4.78 is 14.9. The number of carbonyl (C=O) groups is 3. The Morgan fingerprint density at radius 2 is 1.37 bits per heavy atom. The Bertz CT molecular complexity index is 2830. The number of aryl methyl sites for hydroxylation is 1. The number of aliphatic hydroxyl groups excluding tert-OH is 1. The molecule has 0 aliphatic carbocycles. The third-order valence-electron chi connectivity index (χ3n) is 13.9. The smallest absolute Gasteiger partial charge is 0.264 e. The Balaban J connectivity index is 1.11. The number of aliphatic hydroxyl groups is 1. The van der Waals surface area contributed by atoms with Crippen molar-refractivity contribution in [3.05, 3.63) is 186 Å². The third-order valence-corrected chi connectivity index (χ3v) is 18.2. The summed E-state index contributed by atoms with van der Waals surface area (Å²) in [5.41, 5.74) is 5.18. The molecule has 12 nitrogen and oxygen atoms in total. The molecule has 0 radical (unpaired) electrons. The maximum Gasteiger partial charge on any atom is 0.264 e. The number of rotatable bonds is 17. The van der Waals surface area contributed by atoms with E-state index in [0.29, 0.717) is 47.0 Å². The predicted molar refractivity (Wildman–Crippen MR) is 263 cm³/mol. The average molecular weight is 911 g/mol. The number of nitrogens with zero attached hydrogens (tertiary/aromatic N) is 6. The highest BCUT2D eigenvalue weighted by Gasteiger charge is 2.66. The van der Waals surface area contributed by atoms with Crippen molar-refractivity contribution >= 4 is 60.4 Å². The van der Waals surface area contributed by atoms with E-state index in [9.17, 15) is 14.7 Å². The van der Waals surface area contributed by atoms with Crippen LogP contribution in [0.2, 0.25) is 18.6 Å². The fourth-order valence-corrected chi connectivity index (χ4v) is 14.5. The molecule has 6 aromatic carbocycles.